The second kappa shape index (κ2) is 10.7. The average molecular weight is 583 g/mol. The van der Waals surface area contributed by atoms with Crippen molar-refractivity contribution in [3.05, 3.63) is 46.3 Å². The number of fused-ring (bicyclic) bond motifs is 3. The zero-order valence-electron chi connectivity index (χ0n) is 22.3. The summed E-state index contributed by atoms with van der Waals surface area (Å²) in [6.07, 6.45) is 0.755. The van der Waals surface area contributed by atoms with Crippen LogP contribution in [0.5, 0.6) is 5.75 Å². The third kappa shape index (κ3) is 6.61. The summed E-state index contributed by atoms with van der Waals surface area (Å²) in [6.45, 7) is 0.555. The number of benzene rings is 1. The number of nitrogens with one attached hydrogen (secondary N) is 2. The van der Waals surface area contributed by atoms with Crippen LogP contribution in [0, 0.1) is 5.92 Å². The Kier molecular flexibility index (Phi) is 7.62. The van der Waals surface area contributed by atoms with Crippen LogP contribution in [0.15, 0.2) is 18.2 Å². The lowest BCUT2D eigenvalue weighted by Gasteiger charge is -2.35. The third-order valence-corrected chi connectivity index (χ3v) is 8.54. The molecule has 218 valence electrons. The van der Waals surface area contributed by atoms with Crippen molar-refractivity contribution in [3.8, 4) is 5.75 Å². The molecule has 2 heterocycles. The normalized spacial score (nSPS) is 20.2. The number of carbonyl (C=O) groups is 2. The van der Waals surface area contributed by atoms with Crippen molar-refractivity contribution >= 4 is 21.7 Å². The van der Waals surface area contributed by atoms with E-state index < -0.39 is 39.6 Å². The second-order valence-electron chi connectivity index (χ2n) is 11.2. The predicted molar refractivity (Wildman–Crippen MR) is 140 cm³/mol. The number of sulfone groups is 1. The zero-order valence-corrected chi connectivity index (χ0v) is 23.1. The number of alkyl halides is 3. The fourth-order valence-electron chi connectivity index (χ4n) is 5.69. The number of nitrogens with zero attached hydrogens (tertiary/aromatic N) is 2. The first-order valence-electron chi connectivity index (χ1n) is 13.5. The van der Waals surface area contributed by atoms with E-state index in [0.717, 1.165) is 36.6 Å². The Hall–Kier alpha value is -3.09. The molecule has 9 nitrogen and oxygen atoms in total. The van der Waals surface area contributed by atoms with Crippen LogP contribution in [0.2, 0.25) is 0 Å². The summed E-state index contributed by atoms with van der Waals surface area (Å²) in [5.74, 6) is -0.449. The lowest BCUT2D eigenvalue weighted by molar-refractivity contribution is -0.136. The summed E-state index contributed by atoms with van der Waals surface area (Å²) in [7, 11) is -3.49. The van der Waals surface area contributed by atoms with Gasteiger partial charge < -0.3 is 15.4 Å². The van der Waals surface area contributed by atoms with Gasteiger partial charge in [-0.2, -0.15) is 18.3 Å². The summed E-state index contributed by atoms with van der Waals surface area (Å²) >= 11 is 0. The van der Waals surface area contributed by atoms with Crippen molar-refractivity contribution in [3.63, 3.8) is 0 Å². The molecule has 0 saturated heterocycles. The summed E-state index contributed by atoms with van der Waals surface area (Å²) < 4.78 is 67.6. The minimum absolute atomic E-state index is 0.00655. The molecule has 2 amide bonds. The second-order valence-corrected chi connectivity index (χ2v) is 13.3. The first kappa shape index (κ1) is 28.4. The van der Waals surface area contributed by atoms with Gasteiger partial charge in [0.05, 0.1) is 35.6 Å². The molecule has 13 heteroatoms. The highest BCUT2D eigenvalue weighted by molar-refractivity contribution is 7.91. The first-order valence-corrected chi connectivity index (χ1v) is 15.6. The van der Waals surface area contributed by atoms with Gasteiger partial charge in [0.2, 0.25) is 5.91 Å². The van der Waals surface area contributed by atoms with E-state index in [9.17, 15) is 31.2 Å². The number of halogens is 3. The van der Waals surface area contributed by atoms with E-state index in [4.69, 9.17) is 9.84 Å². The van der Waals surface area contributed by atoms with Crippen LogP contribution >= 0.6 is 0 Å². The number of hydrogen-bond acceptors (Lipinski definition) is 6. The number of hydrogen-bond donors (Lipinski definition) is 2. The van der Waals surface area contributed by atoms with E-state index in [0.29, 0.717) is 54.4 Å². The van der Waals surface area contributed by atoms with Crippen LogP contribution in [0.25, 0.3) is 0 Å². The maximum absolute atomic E-state index is 13.5. The molecule has 0 radical (unpaired) electrons. The molecule has 1 aromatic carbocycles. The molecular formula is C27H33F3N4O5S. The summed E-state index contributed by atoms with van der Waals surface area (Å²) in [5, 5.41) is 10.6. The van der Waals surface area contributed by atoms with E-state index in [1.165, 1.54) is 0 Å². The quantitative estimate of drug-likeness (QED) is 0.393. The van der Waals surface area contributed by atoms with Gasteiger partial charge in [-0.3, -0.25) is 14.3 Å². The van der Waals surface area contributed by atoms with Crippen LogP contribution in [0.4, 0.5) is 13.2 Å². The highest BCUT2D eigenvalue weighted by Gasteiger charge is 2.46. The number of aryl methyl sites for hydroxylation is 2. The van der Waals surface area contributed by atoms with Crippen molar-refractivity contribution in [2.45, 2.75) is 76.2 Å². The number of amides is 2. The number of carbonyl (C=O) groups excluding carboxylic acids is 2. The zero-order chi connectivity index (χ0) is 28.7. The standard InChI is InChI=1S/C27H33F3N4O5S/c1-40(37,38)16-23(35)31-15-22-24-21(33-34(22)11-8-17-3-4-17)14-26(32-25(24)36)10-7-18-13-19(5-6-20(18)26)39-12-2-9-27(28,29)30/h5-6,13,17H,2-4,7-12,14-16H2,1H3,(H,31,35)(H,32,36)/t26-/m0/s1. The monoisotopic (exact) mass is 582 g/mol. The van der Waals surface area contributed by atoms with Gasteiger partial charge in [-0.25, -0.2) is 8.42 Å². The lowest BCUT2D eigenvalue weighted by Crippen LogP contribution is -2.50. The molecule has 1 spiro atoms. The minimum Gasteiger partial charge on any atom is -0.494 e. The van der Waals surface area contributed by atoms with Crippen molar-refractivity contribution in [1.29, 1.82) is 0 Å². The Morgan fingerprint density at radius 1 is 1.30 bits per heavy atom. The van der Waals surface area contributed by atoms with Crippen molar-refractivity contribution in [2.75, 3.05) is 18.6 Å². The largest absolute Gasteiger partial charge is 0.494 e. The van der Waals surface area contributed by atoms with Crippen LogP contribution in [0.3, 0.4) is 0 Å². The fraction of sp³-hybridized carbons (Fsp3) is 0.593. The number of ether oxygens (including phenoxy) is 1. The summed E-state index contributed by atoms with van der Waals surface area (Å²) in [4.78, 5) is 25.8. The summed E-state index contributed by atoms with van der Waals surface area (Å²) in [5.41, 5.74) is 2.85. The van der Waals surface area contributed by atoms with Gasteiger partial charge in [0.15, 0.2) is 9.84 Å². The highest BCUT2D eigenvalue weighted by atomic mass is 32.2. The smallest absolute Gasteiger partial charge is 0.389 e. The Labute approximate surface area is 230 Å². The van der Waals surface area contributed by atoms with Crippen LogP contribution in [-0.2, 0) is 46.1 Å². The van der Waals surface area contributed by atoms with Crippen LogP contribution < -0.4 is 15.4 Å². The molecule has 0 unspecified atom stereocenters. The Morgan fingerprint density at radius 2 is 2.08 bits per heavy atom. The maximum atomic E-state index is 13.5. The summed E-state index contributed by atoms with van der Waals surface area (Å²) in [6, 6.07) is 5.41. The van der Waals surface area contributed by atoms with Gasteiger partial charge in [0.25, 0.3) is 5.91 Å². The molecule has 2 N–H and O–H groups in total. The molecule has 40 heavy (non-hydrogen) atoms. The van der Waals surface area contributed by atoms with Gasteiger partial charge in [-0.15, -0.1) is 0 Å². The molecule has 2 aromatic rings. The van der Waals surface area contributed by atoms with E-state index in [1.54, 1.807) is 10.7 Å². The van der Waals surface area contributed by atoms with Gasteiger partial charge in [-0.05, 0) is 54.9 Å². The molecule has 1 aliphatic heterocycles. The van der Waals surface area contributed by atoms with E-state index in [-0.39, 0.29) is 25.5 Å². The molecular weight excluding hydrogens is 549 g/mol. The molecule has 2 aliphatic carbocycles. The van der Waals surface area contributed by atoms with E-state index in [2.05, 4.69) is 10.6 Å². The molecule has 5 rings (SSSR count). The average Bonchev–Trinajstić information content (AvgIpc) is 3.53. The highest BCUT2D eigenvalue weighted by Crippen LogP contribution is 2.44. The Bertz CT molecular complexity index is 1420. The first-order chi connectivity index (χ1) is 18.8. The number of aromatic nitrogens is 2. The van der Waals surface area contributed by atoms with Crippen molar-refractivity contribution < 1.29 is 35.9 Å². The fourth-order valence-corrected chi connectivity index (χ4v) is 6.27. The molecule has 1 fully saturated rings. The molecule has 1 atom stereocenters. The predicted octanol–water partition coefficient (Wildman–Crippen LogP) is 3.19. The topological polar surface area (TPSA) is 119 Å². The minimum atomic E-state index is -4.21. The van der Waals surface area contributed by atoms with Crippen LogP contribution in [0.1, 0.15) is 71.4 Å². The number of rotatable bonds is 11. The molecule has 0 bridgehead atoms. The van der Waals surface area contributed by atoms with Crippen molar-refractivity contribution in [1.82, 2.24) is 20.4 Å². The Morgan fingerprint density at radius 3 is 2.77 bits per heavy atom. The molecule has 1 saturated carbocycles. The van der Waals surface area contributed by atoms with Gasteiger partial charge in [-0.1, -0.05) is 18.9 Å². The van der Waals surface area contributed by atoms with Gasteiger partial charge in [0, 0.05) is 25.6 Å². The van der Waals surface area contributed by atoms with E-state index in [1.807, 2.05) is 12.1 Å². The van der Waals surface area contributed by atoms with E-state index >= 15 is 0 Å². The molecule has 3 aliphatic rings. The maximum Gasteiger partial charge on any atom is 0.389 e. The van der Waals surface area contributed by atoms with Gasteiger partial charge >= 0.3 is 6.18 Å². The SMILES string of the molecule is CS(=O)(=O)CC(=O)NCc1c2c(nn1CCC1CC1)C[C@]1(CCc3cc(OCCCC(F)(F)F)ccc31)NC2=O. The van der Waals surface area contributed by atoms with Crippen LogP contribution in [-0.4, -0.2) is 54.8 Å². The van der Waals surface area contributed by atoms with Gasteiger partial charge in [0.1, 0.15) is 11.5 Å². The third-order valence-electron chi connectivity index (χ3n) is 7.76. The lowest BCUT2D eigenvalue weighted by atomic mass is 9.82. The van der Waals surface area contributed by atoms with Crippen molar-refractivity contribution in [2.24, 2.45) is 5.92 Å². The Balaban J connectivity index is 1.34. The molecule has 1 aromatic heterocycles.